The molecule has 7 heteroatoms. The largest absolute Gasteiger partial charge is 0.350 e. The molecule has 4 nitrogen and oxygen atoms in total. The third kappa shape index (κ3) is 7.02. The van der Waals surface area contributed by atoms with Gasteiger partial charge < -0.3 is 10.2 Å². The molecule has 2 aromatic carbocycles. The number of carbonyl (C=O) groups is 2. The van der Waals surface area contributed by atoms with Crippen LogP contribution in [0.1, 0.15) is 38.8 Å². The van der Waals surface area contributed by atoms with Crippen molar-refractivity contribution in [2.45, 2.75) is 52.2 Å². The molecule has 2 aromatic rings. The van der Waals surface area contributed by atoms with Crippen LogP contribution in [0.4, 0.5) is 4.39 Å². The van der Waals surface area contributed by atoms with Gasteiger partial charge in [-0.05, 0) is 63.1 Å². The van der Waals surface area contributed by atoms with E-state index in [1.165, 1.54) is 17.0 Å². The van der Waals surface area contributed by atoms with Crippen molar-refractivity contribution in [3.05, 3.63) is 69.5 Å². The smallest absolute Gasteiger partial charge is 0.242 e. The molecule has 1 unspecified atom stereocenters. The molecule has 0 aliphatic heterocycles. The monoisotopic (exact) mass is 438 g/mol. The highest BCUT2D eigenvalue weighted by Crippen LogP contribution is 2.24. The van der Waals surface area contributed by atoms with Crippen LogP contribution in [0.25, 0.3) is 0 Å². The van der Waals surface area contributed by atoms with Crippen LogP contribution in [-0.4, -0.2) is 28.3 Å². The minimum absolute atomic E-state index is 0.0503. The Morgan fingerprint density at radius 3 is 2.17 bits per heavy atom. The summed E-state index contributed by atoms with van der Waals surface area (Å²) in [4.78, 5) is 27.3. The SMILES string of the molecule is CC(C(=O)NC(C)(C)C)N(Cc1ccc(Cl)c(Cl)c1)C(=O)Cc1ccc(F)cc1. The van der Waals surface area contributed by atoms with Crippen molar-refractivity contribution >= 4 is 35.0 Å². The third-order valence-electron chi connectivity index (χ3n) is 4.27. The highest BCUT2D eigenvalue weighted by atomic mass is 35.5. The number of halogens is 3. The fourth-order valence-electron chi connectivity index (χ4n) is 2.77. The maximum atomic E-state index is 13.2. The van der Waals surface area contributed by atoms with Crippen LogP contribution in [0.3, 0.4) is 0 Å². The van der Waals surface area contributed by atoms with Crippen LogP contribution in [0.2, 0.25) is 10.0 Å². The Hall–Kier alpha value is -2.11. The van der Waals surface area contributed by atoms with Gasteiger partial charge in [0.25, 0.3) is 0 Å². The Bertz CT molecular complexity index is 879. The average Bonchev–Trinajstić information content (AvgIpc) is 2.62. The lowest BCUT2D eigenvalue weighted by molar-refractivity contribution is -0.140. The van der Waals surface area contributed by atoms with Gasteiger partial charge in [-0.25, -0.2) is 4.39 Å². The second-order valence-electron chi connectivity index (χ2n) is 7.99. The lowest BCUT2D eigenvalue weighted by Crippen LogP contribution is -2.52. The first kappa shape index (κ1) is 23.2. The number of nitrogens with zero attached hydrogens (tertiary/aromatic N) is 1. The molecule has 0 bridgehead atoms. The first-order valence-corrected chi connectivity index (χ1v) is 10.0. The zero-order valence-corrected chi connectivity index (χ0v) is 18.4. The van der Waals surface area contributed by atoms with Crippen molar-refractivity contribution in [1.29, 1.82) is 0 Å². The molecule has 0 saturated carbocycles. The topological polar surface area (TPSA) is 49.4 Å². The quantitative estimate of drug-likeness (QED) is 0.688. The van der Waals surface area contributed by atoms with Crippen LogP contribution in [0.5, 0.6) is 0 Å². The summed E-state index contributed by atoms with van der Waals surface area (Å²) >= 11 is 12.1. The molecular weight excluding hydrogens is 414 g/mol. The Morgan fingerprint density at radius 2 is 1.62 bits per heavy atom. The Balaban J connectivity index is 2.27. The van der Waals surface area contributed by atoms with E-state index >= 15 is 0 Å². The second kappa shape index (κ2) is 9.59. The number of benzene rings is 2. The van der Waals surface area contributed by atoms with Gasteiger partial charge in [0.2, 0.25) is 11.8 Å². The lowest BCUT2D eigenvalue weighted by atomic mass is 10.1. The zero-order valence-electron chi connectivity index (χ0n) is 16.9. The number of amides is 2. The van der Waals surface area contributed by atoms with E-state index in [-0.39, 0.29) is 30.6 Å². The molecule has 0 aromatic heterocycles. The Kier molecular flexibility index (Phi) is 7.66. The Labute approximate surface area is 181 Å². The molecule has 0 aliphatic rings. The van der Waals surface area contributed by atoms with E-state index in [1.807, 2.05) is 20.8 Å². The molecule has 2 amide bonds. The van der Waals surface area contributed by atoms with Crippen molar-refractivity contribution in [2.75, 3.05) is 0 Å². The van der Waals surface area contributed by atoms with Crippen molar-refractivity contribution < 1.29 is 14.0 Å². The molecule has 29 heavy (non-hydrogen) atoms. The van der Waals surface area contributed by atoms with Crippen LogP contribution >= 0.6 is 23.2 Å². The molecule has 1 atom stereocenters. The molecule has 0 radical (unpaired) electrons. The standard InChI is InChI=1S/C22H25Cl2FN2O2/c1-14(21(29)26-22(2,3)4)27(13-16-7-10-18(23)19(24)11-16)20(28)12-15-5-8-17(25)9-6-15/h5-11,14H,12-13H2,1-4H3,(H,26,29). The van der Waals surface area contributed by atoms with Crippen molar-refractivity contribution in [2.24, 2.45) is 0 Å². The van der Waals surface area contributed by atoms with Gasteiger partial charge in [-0.2, -0.15) is 0 Å². The summed E-state index contributed by atoms with van der Waals surface area (Å²) in [6, 6.07) is 10.1. The average molecular weight is 439 g/mol. The minimum atomic E-state index is -0.711. The summed E-state index contributed by atoms with van der Waals surface area (Å²) in [6.45, 7) is 7.50. The van der Waals surface area contributed by atoms with Gasteiger partial charge >= 0.3 is 0 Å². The second-order valence-corrected chi connectivity index (χ2v) is 8.80. The fourth-order valence-corrected chi connectivity index (χ4v) is 3.09. The normalized spacial score (nSPS) is 12.4. The predicted molar refractivity (Wildman–Crippen MR) is 114 cm³/mol. The molecule has 156 valence electrons. The van der Waals surface area contributed by atoms with E-state index in [1.54, 1.807) is 37.3 Å². The third-order valence-corrected chi connectivity index (χ3v) is 5.01. The highest BCUT2D eigenvalue weighted by molar-refractivity contribution is 6.42. The van der Waals surface area contributed by atoms with Gasteiger partial charge in [0.15, 0.2) is 0 Å². The van der Waals surface area contributed by atoms with Gasteiger partial charge in [-0.15, -0.1) is 0 Å². The van der Waals surface area contributed by atoms with Crippen LogP contribution in [0.15, 0.2) is 42.5 Å². The number of rotatable bonds is 6. The minimum Gasteiger partial charge on any atom is -0.350 e. The maximum absolute atomic E-state index is 13.2. The zero-order chi connectivity index (χ0) is 21.8. The van der Waals surface area contributed by atoms with E-state index in [2.05, 4.69) is 5.32 Å². The molecule has 0 fully saturated rings. The molecular formula is C22H25Cl2FN2O2. The summed E-state index contributed by atoms with van der Waals surface area (Å²) in [6.07, 6.45) is 0.0503. The van der Waals surface area contributed by atoms with Gasteiger partial charge in [-0.1, -0.05) is 41.4 Å². The highest BCUT2D eigenvalue weighted by Gasteiger charge is 2.28. The van der Waals surface area contributed by atoms with Crippen LogP contribution < -0.4 is 5.32 Å². The van der Waals surface area contributed by atoms with E-state index in [9.17, 15) is 14.0 Å². The predicted octanol–water partition coefficient (Wildman–Crippen LogP) is 5.01. The van der Waals surface area contributed by atoms with Crippen LogP contribution in [-0.2, 0) is 22.6 Å². The number of carbonyl (C=O) groups excluding carboxylic acids is 2. The van der Waals surface area contributed by atoms with Crippen molar-refractivity contribution in [3.63, 3.8) is 0 Å². The van der Waals surface area contributed by atoms with E-state index in [0.717, 1.165) is 5.56 Å². The molecule has 1 N–H and O–H groups in total. The molecule has 0 aliphatic carbocycles. The van der Waals surface area contributed by atoms with Gasteiger partial charge in [0.05, 0.1) is 16.5 Å². The molecule has 0 heterocycles. The summed E-state index contributed by atoms with van der Waals surface area (Å²) < 4.78 is 13.2. The summed E-state index contributed by atoms with van der Waals surface area (Å²) in [5, 5.41) is 3.69. The lowest BCUT2D eigenvalue weighted by Gasteiger charge is -2.31. The summed E-state index contributed by atoms with van der Waals surface area (Å²) in [5.41, 5.74) is 0.988. The van der Waals surface area contributed by atoms with E-state index < -0.39 is 11.6 Å². The van der Waals surface area contributed by atoms with Crippen LogP contribution in [0, 0.1) is 5.82 Å². The maximum Gasteiger partial charge on any atom is 0.242 e. The van der Waals surface area contributed by atoms with Gasteiger partial charge in [0, 0.05) is 12.1 Å². The van der Waals surface area contributed by atoms with Crippen molar-refractivity contribution in [1.82, 2.24) is 10.2 Å². The molecule has 0 spiro atoms. The van der Waals surface area contributed by atoms with Gasteiger partial charge in [0.1, 0.15) is 11.9 Å². The number of nitrogens with one attached hydrogen (secondary N) is 1. The summed E-state index contributed by atoms with van der Waals surface area (Å²) in [7, 11) is 0. The van der Waals surface area contributed by atoms with Crippen molar-refractivity contribution in [3.8, 4) is 0 Å². The summed E-state index contributed by atoms with van der Waals surface area (Å²) in [5.74, 6) is -0.879. The first-order valence-electron chi connectivity index (χ1n) is 9.26. The van der Waals surface area contributed by atoms with E-state index in [4.69, 9.17) is 23.2 Å². The Morgan fingerprint density at radius 1 is 1.03 bits per heavy atom. The molecule has 2 rings (SSSR count). The number of hydrogen-bond acceptors (Lipinski definition) is 2. The first-order chi connectivity index (χ1) is 13.5. The van der Waals surface area contributed by atoms with Gasteiger partial charge in [-0.3, -0.25) is 9.59 Å². The number of hydrogen-bond donors (Lipinski definition) is 1. The fraction of sp³-hybridized carbons (Fsp3) is 0.364. The van der Waals surface area contributed by atoms with E-state index in [0.29, 0.717) is 15.6 Å². The molecule has 0 saturated heterocycles.